The molecule has 2 amide bonds. The van der Waals surface area contributed by atoms with E-state index in [1.54, 1.807) is 12.1 Å². The summed E-state index contributed by atoms with van der Waals surface area (Å²) in [4.78, 5) is 34.8. The van der Waals surface area contributed by atoms with E-state index in [1.807, 2.05) is 13.0 Å². The molecule has 3 N–H and O–H groups in total. The predicted octanol–water partition coefficient (Wildman–Crippen LogP) is 1.13. The van der Waals surface area contributed by atoms with Crippen LogP contribution in [0.3, 0.4) is 0 Å². The molecule has 0 spiro atoms. The van der Waals surface area contributed by atoms with Gasteiger partial charge in [-0.1, -0.05) is 15.9 Å². The standard InChI is InChI=1S/C17H22BrN3O6S/c1-11-9-12(3-4-13(11)18)27-10-15(23)20-21-17(28)19-14(22)5-6-16(24)26-8-7-25-2/h3-4,9H,5-8,10H2,1-2H3,(H,20,23)(H2,19,21,22,28). The van der Waals surface area contributed by atoms with Gasteiger partial charge in [-0.2, -0.15) is 0 Å². The Morgan fingerprint density at radius 1 is 1.11 bits per heavy atom. The van der Waals surface area contributed by atoms with Gasteiger partial charge in [-0.15, -0.1) is 0 Å². The number of hydrazine groups is 1. The number of rotatable bonds is 9. The molecule has 0 fully saturated rings. The Labute approximate surface area is 176 Å². The SMILES string of the molecule is COCCOC(=O)CCC(=O)NC(=S)NNC(=O)COc1ccc(Br)c(C)c1. The summed E-state index contributed by atoms with van der Waals surface area (Å²) in [5.41, 5.74) is 5.65. The van der Waals surface area contributed by atoms with Crippen molar-refractivity contribution in [3.63, 3.8) is 0 Å². The Morgan fingerprint density at radius 3 is 2.54 bits per heavy atom. The molecule has 0 aliphatic heterocycles. The number of halogens is 1. The number of nitrogens with one attached hydrogen (secondary N) is 3. The van der Waals surface area contributed by atoms with Crippen LogP contribution in [0.25, 0.3) is 0 Å². The van der Waals surface area contributed by atoms with Gasteiger partial charge in [0.1, 0.15) is 12.4 Å². The quantitative estimate of drug-likeness (QED) is 0.210. The number of methoxy groups -OCH3 is 1. The van der Waals surface area contributed by atoms with Gasteiger partial charge in [0.15, 0.2) is 11.7 Å². The summed E-state index contributed by atoms with van der Waals surface area (Å²) < 4.78 is 15.9. The molecule has 11 heteroatoms. The van der Waals surface area contributed by atoms with E-state index in [-0.39, 0.29) is 37.8 Å². The van der Waals surface area contributed by atoms with Gasteiger partial charge < -0.3 is 19.5 Å². The van der Waals surface area contributed by atoms with Crippen LogP contribution in [0.2, 0.25) is 0 Å². The van der Waals surface area contributed by atoms with E-state index in [4.69, 9.17) is 26.4 Å². The number of esters is 1. The maximum absolute atomic E-state index is 11.7. The summed E-state index contributed by atoms with van der Waals surface area (Å²) in [6.07, 6.45) is -0.196. The highest BCUT2D eigenvalue weighted by molar-refractivity contribution is 9.10. The lowest BCUT2D eigenvalue weighted by molar-refractivity contribution is -0.146. The minimum atomic E-state index is -0.514. The highest BCUT2D eigenvalue weighted by atomic mass is 79.9. The second-order valence-electron chi connectivity index (χ2n) is 5.46. The van der Waals surface area contributed by atoms with E-state index in [2.05, 4.69) is 32.1 Å². The Hall–Kier alpha value is -2.24. The van der Waals surface area contributed by atoms with E-state index < -0.39 is 17.8 Å². The zero-order valence-electron chi connectivity index (χ0n) is 15.5. The Balaban J connectivity index is 2.20. The fraction of sp³-hybridized carbons (Fsp3) is 0.412. The monoisotopic (exact) mass is 475 g/mol. The normalized spacial score (nSPS) is 9.96. The molecule has 1 aromatic carbocycles. The van der Waals surface area contributed by atoms with Crippen LogP contribution < -0.4 is 20.9 Å². The zero-order chi connectivity index (χ0) is 20.9. The first-order valence-corrected chi connectivity index (χ1v) is 9.44. The van der Waals surface area contributed by atoms with E-state index in [0.29, 0.717) is 5.75 Å². The first kappa shape index (κ1) is 23.8. The molecule has 0 saturated carbocycles. The molecule has 154 valence electrons. The molecule has 0 bridgehead atoms. The molecular formula is C17H22BrN3O6S. The third-order valence-electron chi connectivity index (χ3n) is 3.17. The maximum Gasteiger partial charge on any atom is 0.306 e. The molecule has 9 nitrogen and oxygen atoms in total. The van der Waals surface area contributed by atoms with Gasteiger partial charge in [-0.25, -0.2) is 0 Å². The van der Waals surface area contributed by atoms with Gasteiger partial charge >= 0.3 is 5.97 Å². The van der Waals surface area contributed by atoms with E-state index in [1.165, 1.54) is 7.11 Å². The average molecular weight is 476 g/mol. The maximum atomic E-state index is 11.7. The van der Waals surface area contributed by atoms with E-state index in [0.717, 1.165) is 10.0 Å². The first-order valence-electron chi connectivity index (χ1n) is 8.24. The number of hydrogen-bond acceptors (Lipinski definition) is 7. The molecule has 0 unspecified atom stereocenters. The molecule has 0 heterocycles. The van der Waals surface area contributed by atoms with Crippen molar-refractivity contribution in [2.45, 2.75) is 19.8 Å². The van der Waals surface area contributed by atoms with Crippen molar-refractivity contribution in [1.82, 2.24) is 16.2 Å². The largest absolute Gasteiger partial charge is 0.484 e. The highest BCUT2D eigenvalue weighted by Crippen LogP contribution is 2.21. The lowest BCUT2D eigenvalue weighted by atomic mass is 10.2. The number of benzene rings is 1. The molecule has 1 aromatic rings. The fourth-order valence-electron chi connectivity index (χ4n) is 1.77. The molecule has 0 aliphatic rings. The summed E-state index contributed by atoms with van der Waals surface area (Å²) >= 11 is 8.27. The third kappa shape index (κ3) is 10.2. The van der Waals surface area contributed by atoms with Gasteiger partial charge in [0, 0.05) is 18.0 Å². The Kier molecular flexibility index (Phi) is 11.1. The number of carbonyl (C=O) groups excluding carboxylic acids is 3. The molecule has 0 aromatic heterocycles. The van der Waals surface area contributed by atoms with Crippen molar-refractivity contribution in [3.05, 3.63) is 28.2 Å². The molecular weight excluding hydrogens is 454 g/mol. The summed E-state index contributed by atoms with van der Waals surface area (Å²) in [7, 11) is 1.49. The predicted molar refractivity (Wildman–Crippen MR) is 108 cm³/mol. The minimum Gasteiger partial charge on any atom is -0.484 e. The van der Waals surface area contributed by atoms with E-state index >= 15 is 0 Å². The van der Waals surface area contributed by atoms with Crippen LogP contribution in [0, 0.1) is 6.92 Å². The average Bonchev–Trinajstić information content (AvgIpc) is 2.66. The van der Waals surface area contributed by atoms with Crippen LogP contribution >= 0.6 is 28.1 Å². The molecule has 0 aliphatic carbocycles. The van der Waals surface area contributed by atoms with Crippen LogP contribution in [-0.4, -0.2) is 49.8 Å². The summed E-state index contributed by atoms with van der Waals surface area (Å²) in [6, 6.07) is 5.33. The van der Waals surface area contributed by atoms with Crippen molar-refractivity contribution < 1.29 is 28.6 Å². The summed E-state index contributed by atoms with van der Waals surface area (Å²) in [5, 5.41) is 2.23. The smallest absolute Gasteiger partial charge is 0.306 e. The molecule has 1 rings (SSSR count). The third-order valence-corrected chi connectivity index (χ3v) is 4.27. The lowest BCUT2D eigenvalue weighted by Gasteiger charge is -2.11. The first-order chi connectivity index (χ1) is 13.3. The number of thiocarbonyl (C=S) groups is 1. The highest BCUT2D eigenvalue weighted by Gasteiger charge is 2.10. The lowest BCUT2D eigenvalue weighted by Crippen LogP contribution is -2.49. The van der Waals surface area contributed by atoms with Crippen molar-refractivity contribution in [2.24, 2.45) is 0 Å². The van der Waals surface area contributed by atoms with Crippen LogP contribution in [-0.2, 0) is 23.9 Å². The molecule has 28 heavy (non-hydrogen) atoms. The zero-order valence-corrected chi connectivity index (χ0v) is 17.9. The van der Waals surface area contributed by atoms with E-state index in [9.17, 15) is 14.4 Å². The molecule has 0 atom stereocenters. The van der Waals surface area contributed by atoms with Gasteiger partial charge in [-0.3, -0.25) is 25.2 Å². The van der Waals surface area contributed by atoms with Crippen LogP contribution in [0.1, 0.15) is 18.4 Å². The second-order valence-corrected chi connectivity index (χ2v) is 6.73. The summed E-state index contributed by atoms with van der Waals surface area (Å²) in [6.45, 7) is 2.08. The van der Waals surface area contributed by atoms with Crippen molar-refractivity contribution >= 4 is 51.0 Å². The Morgan fingerprint density at radius 2 is 1.86 bits per heavy atom. The second kappa shape index (κ2) is 13.0. The van der Waals surface area contributed by atoms with Gasteiger partial charge in [0.05, 0.1) is 13.0 Å². The Bertz CT molecular complexity index is 716. The van der Waals surface area contributed by atoms with Gasteiger partial charge in [0.2, 0.25) is 5.91 Å². The number of amides is 2. The van der Waals surface area contributed by atoms with Crippen molar-refractivity contribution in [1.29, 1.82) is 0 Å². The summed E-state index contributed by atoms with van der Waals surface area (Å²) in [5.74, 6) is -0.945. The molecule has 0 radical (unpaired) electrons. The van der Waals surface area contributed by atoms with Crippen molar-refractivity contribution in [3.8, 4) is 5.75 Å². The minimum absolute atomic E-state index is 0.0923. The molecule has 0 saturated heterocycles. The van der Waals surface area contributed by atoms with Gasteiger partial charge in [-0.05, 0) is 42.9 Å². The van der Waals surface area contributed by atoms with Crippen LogP contribution in [0.15, 0.2) is 22.7 Å². The number of hydrogen-bond donors (Lipinski definition) is 3. The topological polar surface area (TPSA) is 115 Å². The van der Waals surface area contributed by atoms with Gasteiger partial charge in [0.25, 0.3) is 5.91 Å². The van der Waals surface area contributed by atoms with Crippen LogP contribution in [0.4, 0.5) is 0 Å². The van der Waals surface area contributed by atoms with Crippen molar-refractivity contribution in [2.75, 3.05) is 26.9 Å². The number of carbonyl (C=O) groups is 3. The number of aryl methyl sites for hydroxylation is 1. The van der Waals surface area contributed by atoms with Crippen LogP contribution in [0.5, 0.6) is 5.75 Å². The fourth-order valence-corrected chi connectivity index (χ4v) is 2.18. The number of ether oxygens (including phenoxy) is 3.